The predicted molar refractivity (Wildman–Crippen MR) is 90.9 cm³/mol. The molecule has 1 saturated heterocycles. The molecule has 0 aliphatic carbocycles. The van der Waals surface area contributed by atoms with E-state index in [9.17, 15) is 13.2 Å². The Balaban J connectivity index is 2.04. The monoisotopic (exact) mass is 339 g/mol. The Hall–Kier alpha value is -1.44. The van der Waals surface area contributed by atoms with Gasteiger partial charge in [0.15, 0.2) is 0 Å². The minimum absolute atomic E-state index is 0.0873. The van der Waals surface area contributed by atoms with Gasteiger partial charge in [-0.2, -0.15) is 0 Å². The Kier molecular flexibility index (Phi) is 5.78. The summed E-state index contributed by atoms with van der Waals surface area (Å²) in [7, 11) is -0.530. The molecule has 1 heterocycles. The van der Waals surface area contributed by atoms with Crippen LogP contribution in [0.15, 0.2) is 23.1 Å². The van der Waals surface area contributed by atoms with Crippen molar-refractivity contribution in [2.45, 2.75) is 43.5 Å². The maximum atomic E-state index is 12.3. The van der Waals surface area contributed by atoms with Crippen LogP contribution in [0.3, 0.4) is 0 Å². The molecule has 0 radical (unpaired) electrons. The van der Waals surface area contributed by atoms with Gasteiger partial charge in [0.25, 0.3) is 0 Å². The summed E-state index contributed by atoms with van der Waals surface area (Å²) in [6.45, 7) is 2.77. The number of benzene rings is 1. The Morgan fingerprint density at radius 2 is 2.13 bits per heavy atom. The third-order valence-corrected chi connectivity index (χ3v) is 6.07. The van der Waals surface area contributed by atoms with Crippen LogP contribution in [0.1, 0.15) is 31.2 Å². The van der Waals surface area contributed by atoms with E-state index < -0.39 is 10.0 Å². The fourth-order valence-corrected chi connectivity index (χ4v) is 3.83. The molecular formula is C16H25N3O3S. The quantitative estimate of drug-likeness (QED) is 0.827. The third kappa shape index (κ3) is 4.53. The van der Waals surface area contributed by atoms with Crippen molar-refractivity contribution in [2.75, 3.05) is 26.0 Å². The largest absolute Gasteiger partial charge is 0.326 e. The molecule has 1 aliphatic rings. The number of carbonyl (C=O) groups excluding carboxylic acids is 1. The average molecular weight is 339 g/mol. The zero-order valence-corrected chi connectivity index (χ0v) is 14.7. The van der Waals surface area contributed by atoms with Crippen molar-refractivity contribution in [2.24, 2.45) is 0 Å². The lowest BCUT2D eigenvalue weighted by atomic mass is 10.1. The molecular weight excluding hydrogens is 314 g/mol. The summed E-state index contributed by atoms with van der Waals surface area (Å²) in [6, 6.07) is 5.39. The fourth-order valence-electron chi connectivity index (χ4n) is 2.68. The van der Waals surface area contributed by atoms with Crippen LogP contribution in [0.4, 0.5) is 5.69 Å². The predicted octanol–water partition coefficient (Wildman–Crippen LogP) is 1.72. The van der Waals surface area contributed by atoms with E-state index in [1.165, 1.54) is 24.5 Å². The molecule has 6 nitrogen and oxygen atoms in total. The van der Waals surface area contributed by atoms with E-state index in [1.807, 2.05) is 0 Å². The molecule has 2 rings (SSSR count). The molecule has 1 unspecified atom stereocenters. The SMILES string of the molecule is Cc1ccc(NC(=O)CCC2CCCN2)cc1S(=O)(=O)N(C)C. The fraction of sp³-hybridized carbons (Fsp3) is 0.562. The highest BCUT2D eigenvalue weighted by Crippen LogP contribution is 2.22. The molecule has 1 atom stereocenters. The number of rotatable bonds is 6. The molecule has 2 N–H and O–H groups in total. The first-order valence-electron chi connectivity index (χ1n) is 7.87. The van der Waals surface area contributed by atoms with Crippen LogP contribution in [0.25, 0.3) is 0 Å². The van der Waals surface area contributed by atoms with Crippen LogP contribution in [-0.4, -0.2) is 45.3 Å². The van der Waals surface area contributed by atoms with Crippen molar-refractivity contribution in [1.82, 2.24) is 9.62 Å². The summed E-state index contributed by atoms with van der Waals surface area (Å²) in [4.78, 5) is 12.3. The van der Waals surface area contributed by atoms with Crippen molar-refractivity contribution in [3.63, 3.8) is 0 Å². The highest BCUT2D eigenvalue weighted by atomic mass is 32.2. The smallest absolute Gasteiger partial charge is 0.242 e. The van der Waals surface area contributed by atoms with Gasteiger partial charge in [0.1, 0.15) is 0 Å². The van der Waals surface area contributed by atoms with Gasteiger partial charge in [0.2, 0.25) is 15.9 Å². The standard InChI is InChI=1S/C16H25N3O3S/c1-12-6-7-14(11-15(12)23(21,22)19(2)3)18-16(20)9-8-13-5-4-10-17-13/h6-7,11,13,17H,4-5,8-10H2,1-3H3,(H,18,20). The third-order valence-electron chi connectivity index (χ3n) is 4.11. The number of amides is 1. The molecule has 1 amide bonds. The summed E-state index contributed by atoms with van der Waals surface area (Å²) in [5, 5.41) is 6.15. The number of nitrogens with one attached hydrogen (secondary N) is 2. The highest BCUT2D eigenvalue weighted by molar-refractivity contribution is 7.89. The summed E-state index contributed by atoms with van der Waals surface area (Å²) in [5.41, 5.74) is 1.17. The maximum absolute atomic E-state index is 12.3. The Morgan fingerprint density at radius 1 is 1.39 bits per heavy atom. The topological polar surface area (TPSA) is 78.5 Å². The highest BCUT2D eigenvalue weighted by Gasteiger charge is 2.20. The van der Waals surface area contributed by atoms with Crippen LogP contribution in [0.2, 0.25) is 0 Å². The lowest BCUT2D eigenvalue weighted by molar-refractivity contribution is -0.116. The summed E-state index contributed by atoms with van der Waals surface area (Å²) in [6.07, 6.45) is 3.51. The zero-order chi connectivity index (χ0) is 17.0. The van der Waals surface area contributed by atoms with Crippen LogP contribution in [0.5, 0.6) is 0 Å². The van der Waals surface area contributed by atoms with Crippen molar-refractivity contribution in [3.8, 4) is 0 Å². The van der Waals surface area contributed by atoms with Gasteiger partial charge in [0.05, 0.1) is 4.90 Å². The lowest BCUT2D eigenvalue weighted by Gasteiger charge is -2.15. The number of anilines is 1. The molecule has 1 aliphatic heterocycles. The van der Waals surface area contributed by atoms with Crippen LogP contribution >= 0.6 is 0 Å². The zero-order valence-electron chi connectivity index (χ0n) is 13.9. The van der Waals surface area contributed by atoms with E-state index in [4.69, 9.17) is 0 Å². The Morgan fingerprint density at radius 3 is 2.74 bits per heavy atom. The molecule has 0 bridgehead atoms. The second-order valence-electron chi connectivity index (χ2n) is 6.15. The first-order chi connectivity index (χ1) is 10.8. The van der Waals surface area contributed by atoms with Crippen LogP contribution in [-0.2, 0) is 14.8 Å². The van der Waals surface area contributed by atoms with Gasteiger partial charge in [-0.25, -0.2) is 12.7 Å². The van der Waals surface area contributed by atoms with Crippen molar-refractivity contribution in [1.29, 1.82) is 0 Å². The summed E-state index contributed by atoms with van der Waals surface area (Å²) in [5.74, 6) is -0.0873. The van der Waals surface area contributed by atoms with Gasteiger partial charge in [0, 0.05) is 32.2 Å². The van der Waals surface area contributed by atoms with E-state index in [-0.39, 0.29) is 10.8 Å². The molecule has 7 heteroatoms. The molecule has 0 aromatic heterocycles. The molecule has 23 heavy (non-hydrogen) atoms. The second kappa shape index (κ2) is 7.42. The first-order valence-corrected chi connectivity index (χ1v) is 9.31. The van der Waals surface area contributed by atoms with Gasteiger partial charge in [-0.15, -0.1) is 0 Å². The van der Waals surface area contributed by atoms with E-state index in [2.05, 4.69) is 10.6 Å². The van der Waals surface area contributed by atoms with Crippen molar-refractivity contribution in [3.05, 3.63) is 23.8 Å². The summed E-state index contributed by atoms with van der Waals surface area (Å²) >= 11 is 0. The normalized spacial score (nSPS) is 18.3. The molecule has 1 aromatic rings. The van der Waals surface area contributed by atoms with Crippen molar-refractivity contribution >= 4 is 21.6 Å². The first kappa shape index (κ1) is 17.9. The average Bonchev–Trinajstić information content (AvgIpc) is 3.00. The molecule has 1 aromatic carbocycles. The van der Waals surface area contributed by atoms with Crippen LogP contribution < -0.4 is 10.6 Å². The number of nitrogens with zero attached hydrogens (tertiary/aromatic N) is 1. The van der Waals surface area contributed by atoms with E-state index >= 15 is 0 Å². The van der Waals surface area contributed by atoms with E-state index in [0.29, 0.717) is 23.7 Å². The minimum atomic E-state index is -3.52. The Labute approximate surface area is 138 Å². The van der Waals surface area contributed by atoms with Crippen molar-refractivity contribution < 1.29 is 13.2 Å². The number of sulfonamides is 1. The number of carbonyl (C=O) groups is 1. The lowest BCUT2D eigenvalue weighted by Crippen LogP contribution is -2.24. The summed E-state index contributed by atoms with van der Waals surface area (Å²) < 4.78 is 25.8. The van der Waals surface area contributed by atoms with E-state index in [1.54, 1.807) is 19.1 Å². The van der Waals surface area contributed by atoms with Gasteiger partial charge in [-0.05, 0) is 50.4 Å². The molecule has 0 spiro atoms. The Bertz CT molecular complexity index is 665. The van der Waals surface area contributed by atoms with Crippen LogP contribution in [0, 0.1) is 6.92 Å². The number of hydrogen-bond acceptors (Lipinski definition) is 4. The second-order valence-corrected chi connectivity index (χ2v) is 8.27. The minimum Gasteiger partial charge on any atom is -0.326 e. The van der Waals surface area contributed by atoms with Gasteiger partial charge >= 0.3 is 0 Å². The van der Waals surface area contributed by atoms with Gasteiger partial charge in [-0.1, -0.05) is 6.07 Å². The molecule has 0 saturated carbocycles. The molecule has 128 valence electrons. The number of hydrogen-bond donors (Lipinski definition) is 2. The maximum Gasteiger partial charge on any atom is 0.242 e. The van der Waals surface area contributed by atoms with Gasteiger partial charge in [-0.3, -0.25) is 4.79 Å². The number of aryl methyl sites for hydroxylation is 1. The van der Waals surface area contributed by atoms with Gasteiger partial charge < -0.3 is 10.6 Å². The molecule has 1 fully saturated rings. The van der Waals surface area contributed by atoms with E-state index in [0.717, 1.165) is 25.8 Å².